The van der Waals surface area contributed by atoms with Crippen molar-refractivity contribution in [3.8, 4) is 0 Å². The van der Waals surface area contributed by atoms with E-state index in [0.717, 1.165) is 18.8 Å². The van der Waals surface area contributed by atoms with Gasteiger partial charge in [-0.2, -0.15) is 0 Å². The third kappa shape index (κ3) is 2.18. The van der Waals surface area contributed by atoms with E-state index in [1.807, 2.05) is 35.2 Å². The number of hydrogen-bond donors (Lipinski definition) is 1. The average Bonchev–Trinajstić information content (AvgIpc) is 2.61. The number of amides is 1. The lowest BCUT2D eigenvalue weighted by Crippen LogP contribution is -2.32. The predicted molar refractivity (Wildman–Crippen MR) is 60.9 cm³/mol. The van der Waals surface area contributed by atoms with Gasteiger partial charge in [0.1, 0.15) is 0 Å². The number of hydrogen-bond acceptors (Lipinski definition) is 2. The summed E-state index contributed by atoms with van der Waals surface area (Å²) in [5, 5.41) is 3.31. The quantitative estimate of drug-likeness (QED) is 0.807. The zero-order valence-electron chi connectivity index (χ0n) is 8.94. The van der Waals surface area contributed by atoms with Crippen LogP contribution in [-0.4, -0.2) is 25.0 Å². The number of carbonyl (C=O) groups excluding carboxylic acids is 1. The van der Waals surface area contributed by atoms with Crippen molar-refractivity contribution < 1.29 is 4.79 Å². The van der Waals surface area contributed by atoms with Crippen molar-refractivity contribution in [3.63, 3.8) is 0 Å². The molecule has 3 heteroatoms. The summed E-state index contributed by atoms with van der Waals surface area (Å²) >= 11 is 0. The van der Waals surface area contributed by atoms with Gasteiger partial charge in [-0.25, -0.2) is 0 Å². The minimum atomic E-state index is 0.215. The number of likely N-dealkylation sites (N-methyl/N-ethyl adjacent to an activating group) is 1. The molecular formula is C12H16N2O. The minimum Gasteiger partial charge on any atom is -0.312 e. The Morgan fingerprint density at radius 1 is 1.40 bits per heavy atom. The van der Waals surface area contributed by atoms with E-state index in [0.29, 0.717) is 12.5 Å². The highest BCUT2D eigenvalue weighted by atomic mass is 16.2. The van der Waals surface area contributed by atoms with Crippen molar-refractivity contribution >= 4 is 11.6 Å². The van der Waals surface area contributed by atoms with Crippen LogP contribution in [0, 0.1) is 0 Å². The number of anilines is 1. The molecule has 0 aromatic heterocycles. The molecule has 1 fully saturated rings. The molecule has 15 heavy (non-hydrogen) atoms. The molecule has 0 bridgehead atoms. The first-order valence-corrected chi connectivity index (χ1v) is 5.40. The third-order valence-corrected chi connectivity index (χ3v) is 2.69. The van der Waals surface area contributed by atoms with Crippen LogP contribution in [0.5, 0.6) is 0 Å². The van der Waals surface area contributed by atoms with Crippen LogP contribution in [0.4, 0.5) is 5.69 Å². The minimum absolute atomic E-state index is 0.215. The first-order chi connectivity index (χ1) is 7.31. The molecule has 1 aromatic carbocycles. The lowest BCUT2D eigenvalue weighted by Gasteiger charge is -2.16. The van der Waals surface area contributed by atoms with E-state index >= 15 is 0 Å². The van der Waals surface area contributed by atoms with E-state index in [-0.39, 0.29) is 5.91 Å². The monoisotopic (exact) mass is 204 g/mol. The van der Waals surface area contributed by atoms with Crippen LogP contribution in [0.2, 0.25) is 0 Å². The van der Waals surface area contributed by atoms with Crippen LogP contribution in [0.1, 0.15) is 13.3 Å². The summed E-state index contributed by atoms with van der Waals surface area (Å²) in [6, 6.07) is 10.2. The maximum absolute atomic E-state index is 11.7. The van der Waals surface area contributed by atoms with Gasteiger partial charge in [0, 0.05) is 24.7 Å². The van der Waals surface area contributed by atoms with Gasteiger partial charge in [-0.15, -0.1) is 0 Å². The molecule has 0 spiro atoms. The number of nitrogens with zero attached hydrogens (tertiary/aromatic N) is 1. The van der Waals surface area contributed by atoms with Crippen LogP contribution in [0.25, 0.3) is 0 Å². The maximum atomic E-state index is 11.7. The van der Waals surface area contributed by atoms with Crippen molar-refractivity contribution in [2.45, 2.75) is 19.4 Å². The summed E-state index contributed by atoms with van der Waals surface area (Å²) in [6.45, 7) is 3.77. The van der Waals surface area contributed by atoms with Gasteiger partial charge < -0.3 is 10.2 Å². The Bertz CT molecular complexity index is 337. The number of rotatable bonds is 3. The Hall–Kier alpha value is -1.35. The number of benzene rings is 1. The molecule has 1 unspecified atom stereocenters. The molecule has 1 heterocycles. The van der Waals surface area contributed by atoms with Crippen molar-refractivity contribution in [2.24, 2.45) is 0 Å². The van der Waals surface area contributed by atoms with E-state index in [2.05, 4.69) is 12.2 Å². The number of carbonyl (C=O) groups is 1. The van der Waals surface area contributed by atoms with E-state index in [4.69, 9.17) is 0 Å². The smallest absolute Gasteiger partial charge is 0.228 e. The zero-order chi connectivity index (χ0) is 10.7. The molecule has 1 saturated heterocycles. The van der Waals surface area contributed by atoms with Crippen molar-refractivity contribution in [1.82, 2.24) is 5.32 Å². The van der Waals surface area contributed by atoms with Gasteiger partial charge in [-0.05, 0) is 18.7 Å². The Morgan fingerprint density at radius 2 is 2.13 bits per heavy atom. The Kier molecular flexibility index (Phi) is 3.02. The molecule has 1 aliphatic rings. The highest BCUT2D eigenvalue weighted by molar-refractivity contribution is 5.96. The summed E-state index contributed by atoms with van der Waals surface area (Å²) in [4.78, 5) is 13.6. The number of nitrogens with one attached hydrogen (secondary N) is 1. The lowest BCUT2D eigenvalue weighted by molar-refractivity contribution is -0.117. The summed E-state index contributed by atoms with van der Waals surface area (Å²) in [5.74, 6) is 0.215. The van der Waals surface area contributed by atoms with Crippen LogP contribution in [0.3, 0.4) is 0 Å². The molecule has 0 saturated carbocycles. The highest BCUT2D eigenvalue weighted by Crippen LogP contribution is 2.20. The molecule has 1 amide bonds. The molecule has 1 aromatic rings. The number of para-hydroxylation sites is 1. The molecule has 2 rings (SSSR count). The maximum Gasteiger partial charge on any atom is 0.228 e. The van der Waals surface area contributed by atoms with Crippen molar-refractivity contribution in [3.05, 3.63) is 30.3 Å². The second-order valence-electron chi connectivity index (χ2n) is 3.80. The van der Waals surface area contributed by atoms with E-state index in [1.54, 1.807) is 0 Å². The second kappa shape index (κ2) is 4.45. The van der Waals surface area contributed by atoms with E-state index in [1.165, 1.54) is 0 Å². The molecule has 80 valence electrons. The van der Waals surface area contributed by atoms with Gasteiger partial charge in [-0.1, -0.05) is 25.1 Å². The van der Waals surface area contributed by atoms with Gasteiger partial charge in [0.25, 0.3) is 0 Å². The second-order valence-corrected chi connectivity index (χ2v) is 3.80. The Morgan fingerprint density at radius 3 is 2.80 bits per heavy atom. The molecule has 1 N–H and O–H groups in total. The fourth-order valence-corrected chi connectivity index (χ4v) is 1.99. The first-order valence-electron chi connectivity index (χ1n) is 5.40. The lowest BCUT2D eigenvalue weighted by atomic mass is 10.2. The third-order valence-electron chi connectivity index (χ3n) is 2.69. The predicted octanol–water partition coefficient (Wildman–Crippen LogP) is 1.40. The SMILES string of the molecule is CCNC1CC(=O)N(c2ccccc2)C1. The molecule has 3 nitrogen and oxygen atoms in total. The normalized spacial score (nSPS) is 21.0. The van der Waals surface area contributed by atoms with Crippen molar-refractivity contribution in [1.29, 1.82) is 0 Å². The van der Waals surface area contributed by atoms with Gasteiger partial charge in [0.2, 0.25) is 5.91 Å². The standard InChI is InChI=1S/C12H16N2O/c1-2-13-10-8-12(15)14(9-10)11-6-4-3-5-7-11/h3-7,10,13H,2,8-9H2,1H3. The van der Waals surface area contributed by atoms with Crippen LogP contribution < -0.4 is 10.2 Å². The molecule has 0 aliphatic carbocycles. The van der Waals surface area contributed by atoms with Crippen LogP contribution in [0.15, 0.2) is 30.3 Å². The molecule has 0 radical (unpaired) electrons. The largest absolute Gasteiger partial charge is 0.312 e. The topological polar surface area (TPSA) is 32.3 Å². The molecule has 1 aliphatic heterocycles. The summed E-state index contributed by atoms with van der Waals surface area (Å²) in [6.07, 6.45) is 0.614. The zero-order valence-corrected chi connectivity index (χ0v) is 8.94. The highest BCUT2D eigenvalue weighted by Gasteiger charge is 2.29. The fourth-order valence-electron chi connectivity index (χ4n) is 1.99. The summed E-state index contributed by atoms with van der Waals surface area (Å²) in [5.41, 5.74) is 1.00. The van der Waals surface area contributed by atoms with Crippen LogP contribution in [-0.2, 0) is 4.79 Å². The first kappa shape index (κ1) is 10.2. The Labute approximate surface area is 90.1 Å². The average molecular weight is 204 g/mol. The molecule has 1 atom stereocenters. The van der Waals surface area contributed by atoms with Gasteiger partial charge in [0.15, 0.2) is 0 Å². The summed E-state index contributed by atoms with van der Waals surface area (Å²) in [7, 11) is 0. The van der Waals surface area contributed by atoms with E-state index in [9.17, 15) is 4.79 Å². The fraction of sp³-hybridized carbons (Fsp3) is 0.417. The van der Waals surface area contributed by atoms with Gasteiger partial charge in [-0.3, -0.25) is 4.79 Å². The van der Waals surface area contributed by atoms with Gasteiger partial charge >= 0.3 is 0 Å². The summed E-state index contributed by atoms with van der Waals surface area (Å²) < 4.78 is 0. The molecular weight excluding hydrogens is 188 g/mol. The van der Waals surface area contributed by atoms with Crippen molar-refractivity contribution in [2.75, 3.05) is 18.0 Å². The van der Waals surface area contributed by atoms with Gasteiger partial charge in [0.05, 0.1) is 0 Å². The Balaban J connectivity index is 2.09. The van der Waals surface area contributed by atoms with E-state index < -0.39 is 0 Å². The van der Waals surface area contributed by atoms with Crippen LogP contribution >= 0.6 is 0 Å².